The number of aryl methyl sites for hydroxylation is 2. The molecule has 388 valence electrons. The van der Waals surface area contributed by atoms with Crippen LogP contribution in [0.3, 0.4) is 0 Å². The molecule has 0 spiro atoms. The third-order valence-electron chi connectivity index (χ3n) is 14.6. The largest absolute Gasteiger partial charge is 0.478 e. The molecule has 0 radical (unpaired) electrons. The highest BCUT2D eigenvalue weighted by Gasteiger charge is 2.32. The summed E-state index contributed by atoms with van der Waals surface area (Å²) in [7, 11) is 8.13. The summed E-state index contributed by atoms with van der Waals surface area (Å²) in [4.78, 5) is 40.6. The van der Waals surface area contributed by atoms with Gasteiger partial charge in [-0.15, -0.1) is 12.4 Å². The van der Waals surface area contributed by atoms with Crippen LogP contribution in [-0.4, -0.2) is 130 Å². The number of aromatic nitrogens is 6. The fraction of sp³-hybridized carbons (Fsp3) is 0.448. The highest BCUT2D eigenvalue weighted by molar-refractivity contribution is 5.97. The normalized spacial score (nSPS) is 15.8. The highest BCUT2D eigenvalue weighted by Crippen LogP contribution is 2.46. The summed E-state index contributed by atoms with van der Waals surface area (Å²) in [5, 5.41) is 45.4. The van der Waals surface area contributed by atoms with Gasteiger partial charge in [-0.05, 0) is 200 Å². The standard InChI is InChI=1S/C29H34N6O.C17H22N4O2.C12H14N2.ClH/c1-19-16-25(23-8-9-23)26(28-31-27(32-33-28)12-13-34(2)3)17-24(19)29(36)35-14-10-22(11-15-35)21-6-4-20(18-30)5-7-21;1-10-8-13(11-4-5-11)14(9-12(10)17(22)23)16-18-15(19-20-16)6-7-21(2)3;13-9-10-1-3-11(4-2-10)12-5-7-14-8-6-12;/h4-7,16-17,22-23H,8-15H2,1-3H3,(H,31,32,33);8-9,11H,4-7H2,1-3H3,(H,22,23)(H,18,19,20);1-4,12,14H,5-8H2;1H. The molecule has 0 atom stereocenters. The van der Waals surface area contributed by atoms with Crippen molar-refractivity contribution in [1.82, 2.24) is 50.4 Å². The molecule has 4 N–H and O–H groups in total. The number of nitriles is 2. The Morgan fingerprint density at radius 2 is 1.04 bits per heavy atom. The summed E-state index contributed by atoms with van der Waals surface area (Å²) < 4.78 is 0. The maximum atomic E-state index is 13.6. The van der Waals surface area contributed by atoms with Crippen molar-refractivity contribution < 1.29 is 14.7 Å². The Hall–Kier alpha value is -6.75. The summed E-state index contributed by atoms with van der Waals surface area (Å²) in [5.41, 5.74) is 11.3. The molecule has 15 nitrogen and oxygen atoms in total. The van der Waals surface area contributed by atoms with Gasteiger partial charge in [-0.2, -0.15) is 20.7 Å². The molecule has 4 fully saturated rings. The Balaban J connectivity index is 0.000000179. The van der Waals surface area contributed by atoms with Gasteiger partial charge in [-0.1, -0.05) is 36.4 Å². The molecule has 6 aromatic rings. The number of nitrogens with zero attached hydrogens (tertiary/aromatic N) is 9. The second-order valence-corrected chi connectivity index (χ2v) is 20.7. The summed E-state index contributed by atoms with van der Waals surface area (Å²) in [6.45, 7) is 9.39. The van der Waals surface area contributed by atoms with Crippen molar-refractivity contribution in [3.8, 4) is 34.9 Å². The first-order chi connectivity index (χ1) is 35.3. The van der Waals surface area contributed by atoms with Gasteiger partial charge in [0.15, 0.2) is 11.6 Å². The third kappa shape index (κ3) is 14.3. The number of carbonyl (C=O) groups is 2. The Kier molecular flexibility index (Phi) is 18.9. The van der Waals surface area contributed by atoms with Gasteiger partial charge >= 0.3 is 5.97 Å². The van der Waals surface area contributed by atoms with Crippen LogP contribution in [0.25, 0.3) is 22.8 Å². The minimum atomic E-state index is -0.908. The van der Waals surface area contributed by atoms with Crippen LogP contribution in [0, 0.1) is 36.5 Å². The number of carboxylic acids is 1. The number of nitrogens with one attached hydrogen (secondary N) is 3. The lowest BCUT2D eigenvalue weighted by Crippen LogP contribution is -2.38. The maximum Gasteiger partial charge on any atom is 0.335 e. The molecule has 0 bridgehead atoms. The van der Waals surface area contributed by atoms with Crippen molar-refractivity contribution in [3.05, 3.63) is 140 Å². The van der Waals surface area contributed by atoms with Gasteiger partial charge < -0.3 is 25.1 Å². The summed E-state index contributed by atoms with van der Waals surface area (Å²) in [5.74, 6) is 4.33. The smallest absolute Gasteiger partial charge is 0.335 e. The summed E-state index contributed by atoms with van der Waals surface area (Å²) in [6, 6.07) is 28.2. The molecule has 0 unspecified atom stereocenters. The van der Waals surface area contributed by atoms with Gasteiger partial charge in [0.25, 0.3) is 5.91 Å². The average Bonchev–Trinajstić information content (AvgIpc) is 4.35. The number of hydrogen-bond donors (Lipinski definition) is 4. The van der Waals surface area contributed by atoms with Gasteiger partial charge in [-0.25, -0.2) is 14.8 Å². The Morgan fingerprint density at radius 1 is 0.622 bits per heavy atom. The van der Waals surface area contributed by atoms with Gasteiger partial charge in [-0.3, -0.25) is 15.0 Å². The molecule has 2 saturated heterocycles. The molecule has 16 heteroatoms. The molecular formula is C58H71ClN12O3. The lowest BCUT2D eigenvalue weighted by atomic mass is 9.88. The quantitative estimate of drug-likeness (QED) is 0.0805. The second-order valence-electron chi connectivity index (χ2n) is 20.7. The van der Waals surface area contributed by atoms with Gasteiger partial charge in [0, 0.05) is 55.7 Å². The monoisotopic (exact) mass is 1020 g/mol. The number of carbonyl (C=O) groups excluding carboxylic acids is 1. The van der Waals surface area contributed by atoms with Crippen LogP contribution in [0.4, 0.5) is 0 Å². The minimum Gasteiger partial charge on any atom is -0.478 e. The van der Waals surface area contributed by atoms with Crippen LogP contribution in [0.2, 0.25) is 0 Å². The first-order valence-electron chi connectivity index (χ1n) is 25.9. The number of hydrogen-bond acceptors (Lipinski definition) is 11. The first kappa shape index (κ1) is 55.0. The van der Waals surface area contributed by atoms with Crippen molar-refractivity contribution in [3.63, 3.8) is 0 Å². The molecule has 1 amide bonds. The van der Waals surface area contributed by atoms with Crippen molar-refractivity contribution in [1.29, 1.82) is 10.5 Å². The maximum absolute atomic E-state index is 13.6. The Bertz CT molecular complexity index is 2930. The number of likely N-dealkylation sites (N-methyl/N-ethyl adjacent to an activating group) is 2. The van der Waals surface area contributed by atoms with Crippen LogP contribution in [0.15, 0.2) is 72.8 Å². The zero-order valence-corrected chi connectivity index (χ0v) is 44.6. The third-order valence-corrected chi connectivity index (χ3v) is 14.6. The average molecular weight is 1020 g/mol. The van der Waals surface area contributed by atoms with Gasteiger partial charge in [0.2, 0.25) is 0 Å². The van der Waals surface area contributed by atoms with Gasteiger partial charge in [0.1, 0.15) is 11.6 Å². The van der Waals surface area contributed by atoms with E-state index in [9.17, 15) is 14.7 Å². The number of carboxylic acid groups (broad SMARTS) is 1. The molecule has 2 aliphatic heterocycles. The van der Waals surface area contributed by atoms with Crippen molar-refractivity contribution in [2.75, 3.05) is 67.5 Å². The number of aromatic carboxylic acids is 1. The number of rotatable bonds is 14. The first-order valence-corrected chi connectivity index (χ1v) is 25.9. The number of halogens is 1. The zero-order chi connectivity index (χ0) is 51.6. The summed E-state index contributed by atoms with van der Waals surface area (Å²) in [6.07, 6.45) is 10.5. The zero-order valence-electron chi connectivity index (χ0n) is 43.7. The minimum absolute atomic E-state index is 0. The molecule has 2 saturated carbocycles. The van der Waals surface area contributed by atoms with E-state index in [0.717, 1.165) is 123 Å². The number of benzene rings is 4. The lowest BCUT2D eigenvalue weighted by molar-refractivity contribution is 0.0692. The van der Waals surface area contributed by atoms with Crippen LogP contribution < -0.4 is 5.32 Å². The molecule has 4 aromatic carbocycles. The number of aromatic amines is 2. The molecule has 10 rings (SSSR count). The van der Waals surface area contributed by atoms with E-state index in [4.69, 9.17) is 15.5 Å². The van der Waals surface area contributed by atoms with E-state index in [0.29, 0.717) is 46.4 Å². The van der Waals surface area contributed by atoms with Crippen molar-refractivity contribution in [2.45, 2.75) is 102 Å². The fourth-order valence-electron chi connectivity index (χ4n) is 9.89. The second kappa shape index (κ2) is 25.5. The summed E-state index contributed by atoms with van der Waals surface area (Å²) >= 11 is 0. The van der Waals surface area contributed by atoms with E-state index in [1.165, 1.54) is 47.9 Å². The van der Waals surface area contributed by atoms with Crippen molar-refractivity contribution in [2.24, 2.45) is 0 Å². The molecule has 4 heterocycles. The molecule has 74 heavy (non-hydrogen) atoms. The fourth-order valence-corrected chi connectivity index (χ4v) is 9.89. The van der Waals surface area contributed by atoms with Crippen LogP contribution in [0.1, 0.15) is 152 Å². The van der Waals surface area contributed by atoms with E-state index < -0.39 is 5.97 Å². The van der Waals surface area contributed by atoms with E-state index in [1.54, 1.807) is 6.07 Å². The predicted molar refractivity (Wildman–Crippen MR) is 291 cm³/mol. The topological polar surface area (TPSA) is 207 Å². The molecule has 2 aromatic heterocycles. The number of amides is 1. The van der Waals surface area contributed by atoms with Crippen LogP contribution in [-0.2, 0) is 12.8 Å². The molecule has 2 aliphatic carbocycles. The van der Waals surface area contributed by atoms with E-state index in [2.05, 4.69) is 83.0 Å². The molecule has 4 aliphatic rings. The Morgan fingerprint density at radius 3 is 1.45 bits per heavy atom. The van der Waals surface area contributed by atoms with Crippen LogP contribution >= 0.6 is 12.4 Å². The van der Waals surface area contributed by atoms with Crippen LogP contribution in [0.5, 0.6) is 0 Å². The number of piperidine rings is 2. The highest BCUT2D eigenvalue weighted by atomic mass is 35.5. The number of H-pyrrole nitrogens is 2. The van der Waals surface area contributed by atoms with E-state index >= 15 is 0 Å². The van der Waals surface area contributed by atoms with Gasteiger partial charge in [0.05, 0.1) is 28.8 Å². The number of likely N-dealkylation sites (tertiary alicyclic amines) is 1. The van der Waals surface area contributed by atoms with E-state index in [-0.39, 0.29) is 18.3 Å². The van der Waals surface area contributed by atoms with Crippen molar-refractivity contribution >= 4 is 24.3 Å². The van der Waals surface area contributed by atoms with E-state index in [1.807, 2.05) is 83.3 Å². The molecular weight excluding hydrogens is 948 g/mol. The Labute approximate surface area is 442 Å². The predicted octanol–water partition coefficient (Wildman–Crippen LogP) is 9.56. The lowest BCUT2D eigenvalue weighted by Gasteiger charge is -2.33. The SMILES string of the molecule is Cc1cc(C2CC2)c(-c2n[nH]c(CCN(C)C)n2)cc1C(=O)N1CCC(c2ccc(C#N)cc2)CC1.Cc1cc(C2CC2)c(-c2n[nH]c(CCN(C)C)n2)cc1C(=O)O.Cl.N#Cc1ccc(C2CCNCC2)cc1.